The predicted octanol–water partition coefficient (Wildman–Crippen LogP) is -1.40. The lowest BCUT2D eigenvalue weighted by molar-refractivity contribution is 0.168. The third-order valence-corrected chi connectivity index (χ3v) is 4.39. The van der Waals surface area contributed by atoms with Gasteiger partial charge in [-0.05, 0) is 6.92 Å². The highest BCUT2D eigenvalue weighted by Gasteiger charge is 2.26. The molecule has 0 aliphatic heterocycles. The first-order valence-electron chi connectivity index (χ1n) is 4.79. The van der Waals surface area contributed by atoms with E-state index in [1.54, 1.807) is 6.92 Å². The molecule has 0 amide bonds. The predicted molar refractivity (Wildman–Crippen MR) is 58.0 cm³/mol. The zero-order chi connectivity index (χ0) is 11.9. The number of hydrogen-bond donors (Lipinski definition) is 2. The van der Waals surface area contributed by atoms with Gasteiger partial charge in [0.1, 0.15) is 0 Å². The Labute approximate surface area is 91.1 Å². The maximum atomic E-state index is 11.8. The van der Waals surface area contributed by atoms with Crippen LogP contribution >= 0.6 is 0 Å². The lowest BCUT2D eigenvalue weighted by Crippen LogP contribution is -2.43. The van der Waals surface area contributed by atoms with E-state index in [0.717, 1.165) is 0 Å². The van der Waals surface area contributed by atoms with Gasteiger partial charge in [0.05, 0.1) is 18.5 Å². The molecule has 15 heavy (non-hydrogen) atoms. The average molecular weight is 240 g/mol. The fourth-order valence-electron chi connectivity index (χ4n) is 1.05. The molecule has 0 aromatic rings. The van der Waals surface area contributed by atoms with Crippen LogP contribution in [-0.2, 0) is 14.8 Å². The van der Waals surface area contributed by atoms with Gasteiger partial charge in [0.2, 0.25) is 10.0 Å². The normalized spacial score (nSPS) is 14.5. The molecule has 0 saturated heterocycles. The van der Waals surface area contributed by atoms with Crippen molar-refractivity contribution in [2.24, 2.45) is 5.73 Å². The molecule has 7 heteroatoms. The van der Waals surface area contributed by atoms with E-state index < -0.39 is 15.3 Å². The lowest BCUT2D eigenvalue weighted by atomic mass is 10.5. The van der Waals surface area contributed by atoms with Crippen molar-refractivity contribution in [2.45, 2.75) is 12.2 Å². The summed E-state index contributed by atoms with van der Waals surface area (Å²) in [6.45, 7) is 2.03. The quantitative estimate of drug-likeness (QED) is 0.544. The Morgan fingerprint density at radius 3 is 2.47 bits per heavy atom. The molecule has 0 aliphatic carbocycles. The van der Waals surface area contributed by atoms with Gasteiger partial charge in [0, 0.05) is 26.7 Å². The number of ether oxygens (including phenoxy) is 1. The van der Waals surface area contributed by atoms with Gasteiger partial charge in [-0.3, -0.25) is 0 Å². The van der Waals surface area contributed by atoms with Crippen LogP contribution in [0, 0.1) is 0 Å². The Bertz CT molecular complexity index is 255. The van der Waals surface area contributed by atoms with Crippen LogP contribution in [0.4, 0.5) is 0 Å². The van der Waals surface area contributed by atoms with Gasteiger partial charge in [-0.15, -0.1) is 0 Å². The van der Waals surface area contributed by atoms with Crippen LogP contribution in [0.1, 0.15) is 6.92 Å². The zero-order valence-corrected chi connectivity index (χ0v) is 10.0. The largest absolute Gasteiger partial charge is 0.395 e. The molecule has 6 nitrogen and oxygen atoms in total. The summed E-state index contributed by atoms with van der Waals surface area (Å²) >= 11 is 0. The van der Waals surface area contributed by atoms with E-state index in [9.17, 15) is 8.42 Å². The monoisotopic (exact) mass is 240 g/mol. The molecule has 0 aliphatic rings. The summed E-state index contributed by atoms with van der Waals surface area (Å²) in [6, 6.07) is 0. The van der Waals surface area contributed by atoms with E-state index in [-0.39, 0.29) is 26.2 Å². The molecule has 1 atom stereocenters. The number of rotatable bonds is 8. The topological polar surface area (TPSA) is 92.9 Å². The van der Waals surface area contributed by atoms with Crippen molar-refractivity contribution in [2.75, 3.05) is 40.0 Å². The molecule has 0 aromatic heterocycles. The summed E-state index contributed by atoms with van der Waals surface area (Å²) in [6.07, 6.45) is 0. The van der Waals surface area contributed by atoms with Crippen molar-refractivity contribution in [3.8, 4) is 0 Å². The number of nitrogens with two attached hydrogens (primary N) is 1. The highest BCUT2D eigenvalue weighted by Crippen LogP contribution is 2.07. The van der Waals surface area contributed by atoms with Gasteiger partial charge in [-0.2, -0.15) is 4.31 Å². The van der Waals surface area contributed by atoms with Crippen molar-refractivity contribution in [1.29, 1.82) is 0 Å². The molecule has 0 radical (unpaired) electrons. The number of aliphatic hydroxyl groups excluding tert-OH is 1. The first kappa shape index (κ1) is 14.8. The van der Waals surface area contributed by atoms with E-state index >= 15 is 0 Å². The average Bonchev–Trinajstić information content (AvgIpc) is 2.22. The van der Waals surface area contributed by atoms with Crippen molar-refractivity contribution >= 4 is 10.0 Å². The number of methoxy groups -OCH3 is 1. The Balaban J connectivity index is 4.58. The Kier molecular flexibility index (Phi) is 7.03. The van der Waals surface area contributed by atoms with Gasteiger partial charge >= 0.3 is 0 Å². The SMILES string of the molecule is COCCN(CCO)S(=O)(=O)C(C)CN. The molecular weight excluding hydrogens is 220 g/mol. The number of sulfonamides is 1. The molecule has 1 unspecified atom stereocenters. The standard InChI is InChI=1S/C8H20N2O4S/c1-8(7-9)15(12,13)10(3-5-11)4-6-14-2/h8,11H,3-7,9H2,1-2H3. The van der Waals surface area contributed by atoms with Crippen LogP contribution in [-0.4, -0.2) is 63.0 Å². The summed E-state index contributed by atoms with van der Waals surface area (Å²) in [7, 11) is -1.92. The maximum Gasteiger partial charge on any atom is 0.218 e. The smallest absolute Gasteiger partial charge is 0.218 e. The number of nitrogens with zero attached hydrogens (tertiary/aromatic N) is 1. The lowest BCUT2D eigenvalue weighted by Gasteiger charge is -2.24. The van der Waals surface area contributed by atoms with Crippen molar-refractivity contribution < 1.29 is 18.3 Å². The van der Waals surface area contributed by atoms with E-state index in [2.05, 4.69) is 0 Å². The van der Waals surface area contributed by atoms with Crippen LogP contribution in [0.5, 0.6) is 0 Å². The molecule has 0 spiro atoms. The summed E-state index contributed by atoms with van der Waals surface area (Å²) in [4.78, 5) is 0. The van der Waals surface area contributed by atoms with Crippen LogP contribution in [0.2, 0.25) is 0 Å². The van der Waals surface area contributed by atoms with Gasteiger partial charge in [-0.1, -0.05) is 0 Å². The first-order valence-corrected chi connectivity index (χ1v) is 6.29. The second-order valence-corrected chi connectivity index (χ2v) is 5.56. The molecule has 0 aromatic carbocycles. The van der Waals surface area contributed by atoms with E-state index in [1.165, 1.54) is 11.4 Å². The van der Waals surface area contributed by atoms with E-state index in [1.807, 2.05) is 0 Å². The molecule has 3 N–H and O–H groups in total. The summed E-state index contributed by atoms with van der Waals surface area (Å²) in [5.74, 6) is 0. The highest BCUT2D eigenvalue weighted by atomic mass is 32.2. The Hall–Kier alpha value is -0.210. The van der Waals surface area contributed by atoms with Gasteiger partial charge in [0.15, 0.2) is 0 Å². The number of hydrogen-bond acceptors (Lipinski definition) is 5. The summed E-state index contributed by atoms with van der Waals surface area (Å²) in [5.41, 5.74) is 5.32. The zero-order valence-electron chi connectivity index (χ0n) is 9.22. The molecule has 92 valence electrons. The molecule has 0 heterocycles. The Morgan fingerprint density at radius 2 is 2.07 bits per heavy atom. The first-order chi connectivity index (χ1) is 7.00. The Morgan fingerprint density at radius 1 is 1.47 bits per heavy atom. The van der Waals surface area contributed by atoms with Crippen molar-refractivity contribution in [1.82, 2.24) is 4.31 Å². The number of aliphatic hydroxyl groups is 1. The fraction of sp³-hybridized carbons (Fsp3) is 1.00. The minimum atomic E-state index is -3.42. The third-order valence-electron chi connectivity index (χ3n) is 2.09. The third kappa shape index (κ3) is 4.43. The summed E-state index contributed by atoms with van der Waals surface area (Å²) in [5, 5.41) is 8.14. The van der Waals surface area contributed by atoms with Crippen LogP contribution in [0.15, 0.2) is 0 Å². The van der Waals surface area contributed by atoms with Crippen LogP contribution < -0.4 is 5.73 Å². The molecule has 0 bridgehead atoms. The molecular formula is C8H20N2O4S. The van der Waals surface area contributed by atoms with Crippen LogP contribution in [0.25, 0.3) is 0 Å². The molecule has 0 fully saturated rings. The molecule has 0 rings (SSSR count). The van der Waals surface area contributed by atoms with Gasteiger partial charge < -0.3 is 15.6 Å². The van der Waals surface area contributed by atoms with E-state index in [0.29, 0.717) is 6.61 Å². The van der Waals surface area contributed by atoms with Crippen molar-refractivity contribution in [3.63, 3.8) is 0 Å². The fourth-order valence-corrected chi connectivity index (χ4v) is 2.46. The minimum absolute atomic E-state index is 0.0667. The summed E-state index contributed by atoms with van der Waals surface area (Å²) < 4.78 is 29.7. The van der Waals surface area contributed by atoms with Gasteiger partial charge in [-0.25, -0.2) is 8.42 Å². The van der Waals surface area contributed by atoms with Crippen molar-refractivity contribution in [3.05, 3.63) is 0 Å². The highest BCUT2D eigenvalue weighted by molar-refractivity contribution is 7.89. The second kappa shape index (κ2) is 7.13. The van der Waals surface area contributed by atoms with E-state index in [4.69, 9.17) is 15.6 Å². The minimum Gasteiger partial charge on any atom is -0.395 e. The van der Waals surface area contributed by atoms with Crippen LogP contribution in [0.3, 0.4) is 0 Å². The molecule has 0 saturated carbocycles. The van der Waals surface area contributed by atoms with Gasteiger partial charge in [0.25, 0.3) is 0 Å². The maximum absolute atomic E-state index is 11.8. The second-order valence-electron chi connectivity index (χ2n) is 3.21.